The number of hydrogen-bond donors (Lipinski definition) is 0. The van der Waals surface area contributed by atoms with Crippen LogP contribution in [0, 0.1) is 13.8 Å². The Kier molecular flexibility index (Phi) is 4.22. The number of aromatic nitrogens is 2. The summed E-state index contributed by atoms with van der Waals surface area (Å²) in [4.78, 5) is 8.39. The van der Waals surface area contributed by atoms with Gasteiger partial charge in [-0.25, -0.2) is 4.98 Å². The molecule has 0 spiro atoms. The molecule has 0 aliphatic rings. The highest BCUT2D eigenvalue weighted by molar-refractivity contribution is 6.17. The molecule has 0 saturated carbocycles. The molecule has 0 aliphatic heterocycles. The summed E-state index contributed by atoms with van der Waals surface area (Å²) in [6.07, 6.45) is 1.67. The highest BCUT2D eigenvalue weighted by Gasteiger charge is 2.09. The van der Waals surface area contributed by atoms with Crippen molar-refractivity contribution in [2.24, 2.45) is 0 Å². The Hall–Kier alpha value is -1.81. The van der Waals surface area contributed by atoms with Crippen LogP contribution in [0.2, 0.25) is 0 Å². The number of halogens is 1. The van der Waals surface area contributed by atoms with Crippen LogP contribution in [-0.4, -0.2) is 17.1 Å². The molecule has 0 saturated heterocycles. The van der Waals surface area contributed by atoms with Gasteiger partial charge < -0.3 is 9.47 Å². The van der Waals surface area contributed by atoms with Gasteiger partial charge in [-0.3, -0.25) is 0 Å². The summed E-state index contributed by atoms with van der Waals surface area (Å²) in [6, 6.07) is 5.96. The molecule has 0 atom stereocenters. The lowest BCUT2D eigenvalue weighted by Crippen LogP contribution is -1.98. The van der Waals surface area contributed by atoms with Crippen molar-refractivity contribution in [2.45, 2.75) is 19.7 Å². The molecule has 0 bridgehead atoms. The Bertz CT molecular complexity index is 588. The first-order valence-electron chi connectivity index (χ1n) is 5.85. The van der Waals surface area contributed by atoms with Gasteiger partial charge in [0.2, 0.25) is 0 Å². The Balaban J connectivity index is 2.28. The molecular weight excluding hydrogens is 264 g/mol. The number of alkyl halides is 1. The average molecular weight is 279 g/mol. The Morgan fingerprint density at radius 2 is 2.00 bits per heavy atom. The molecule has 2 aromatic rings. The van der Waals surface area contributed by atoms with Crippen molar-refractivity contribution in [3.8, 4) is 17.5 Å². The van der Waals surface area contributed by atoms with E-state index in [1.165, 1.54) is 0 Å². The zero-order valence-corrected chi connectivity index (χ0v) is 11.9. The van der Waals surface area contributed by atoms with Crippen molar-refractivity contribution < 1.29 is 9.47 Å². The van der Waals surface area contributed by atoms with Crippen LogP contribution in [0.5, 0.6) is 17.5 Å². The smallest absolute Gasteiger partial charge is 0.322 e. The van der Waals surface area contributed by atoms with Crippen LogP contribution in [0.15, 0.2) is 24.4 Å². The molecule has 1 aromatic carbocycles. The van der Waals surface area contributed by atoms with Crippen molar-refractivity contribution in [3.63, 3.8) is 0 Å². The topological polar surface area (TPSA) is 44.2 Å². The number of nitrogens with zero attached hydrogens (tertiary/aromatic N) is 2. The molecule has 100 valence electrons. The van der Waals surface area contributed by atoms with E-state index in [4.69, 9.17) is 21.1 Å². The van der Waals surface area contributed by atoms with Gasteiger partial charge in [0.05, 0.1) is 13.0 Å². The molecule has 0 unspecified atom stereocenters. The Morgan fingerprint density at radius 1 is 1.21 bits per heavy atom. The second-order valence-corrected chi connectivity index (χ2v) is 4.42. The van der Waals surface area contributed by atoms with E-state index < -0.39 is 0 Å². The zero-order valence-electron chi connectivity index (χ0n) is 11.1. The van der Waals surface area contributed by atoms with Crippen LogP contribution in [0.25, 0.3) is 0 Å². The van der Waals surface area contributed by atoms with Crippen LogP contribution >= 0.6 is 11.6 Å². The number of methoxy groups -OCH3 is 1. The summed E-state index contributed by atoms with van der Waals surface area (Å²) in [7, 11) is 1.60. The molecule has 2 rings (SSSR count). The number of hydrogen-bond acceptors (Lipinski definition) is 4. The number of aryl methyl sites for hydroxylation is 2. The molecule has 0 aliphatic carbocycles. The highest BCUT2D eigenvalue weighted by Crippen LogP contribution is 2.30. The third-order valence-corrected chi connectivity index (χ3v) is 3.01. The molecule has 0 radical (unpaired) electrons. The summed E-state index contributed by atoms with van der Waals surface area (Å²) < 4.78 is 10.9. The maximum absolute atomic E-state index is 5.77. The monoisotopic (exact) mass is 278 g/mol. The van der Waals surface area contributed by atoms with Gasteiger partial charge in [0.1, 0.15) is 0 Å². The summed E-state index contributed by atoms with van der Waals surface area (Å²) in [5, 5.41) is 0. The van der Waals surface area contributed by atoms with Gasteiger partial charge in [-0.05, 0) is 31.5 Å². The van der Waals surface area contributed by atoms with E-state index >= 15 is 0 Å². The Morgan fingerprint density at radius 3 is 2.63 bits per heavy atom. The quantitative estimate of drug-likeness (QED) is 0.801. The zero-order chi connectivity index (χ0) is 13.8. The SMILES string of the molecule is COc1cc(C)ccc1Oc1ncc(CCl)c(C)n1. The van der Waals surface area contributed by atoms with Gasteiger partial charge in [0.15, 0.2) is 11.5 Å². The average Bonchev–Trinajstić information content (AvgIpc) is 2.41. The first-order chi connectivity index (χ1) is 9.13. The van der Waals surface area contributed by atoms with E-state index in [0.717, 1.165) is 16.8 Å². The highest BCUT2D eigenvalue weighted by atomic mass is 35.5. The van der Waals surface area contributed by atoms with Crippen molar-refractivity contribution in [3.05, 3.63) is 41.2 Å². The van der Waals surface area contributed by atoms with Gasteiger partial charge >= 0.3 is 6.01 Å². The molecular formula is C14H15ClN2O2. The molecule has 19 heavy (non-hydrogen) atoms. The Labute approximate surface area is 117 Å². The maximum atomic E-state index is 5.77. The minimum atomic E-state index is 0.286. The first kappa shape index (κ1) is 13.6. The minimum Gasteiger partial charge on any atom is -0.493 e. The van der Waals surface area contributed by atoms with E-state index in [1.807, 2.05) is 32.0 Å². The summed E-state index contributed by atoms with van der Waals surface area (Å²) >= 11 is 5.77. The van der Waals surface area contributed by atoms with Crippen LogP contribution in [0.4, 0.5) is 0 Å². The standard InChI is InChI=1S/C14H15ClN2O2/c1-9-4-5-12(13(6-9)18-3)19-14-16-8-11(7-15)10(2)17-14/h4-6,8H,7H2,1-3H3. The second-order valence-electron chi connectivity index (χ2n) is 4.15. The number of rotatable bonds is 4. The van der Waals surface area contributed by atoms with Gasteiger partial charge in [-0.2, -0.15) is 4.98 Å². The second kappa shape index (κ2) is 5.89. The molecule has 0 fully saturated rings. The van der Waals surface area contributed by atoms with Gasteiger partial charge in [0.25, 0.3) is 0 Å². The van der Waals surface area contributed by atoms with E-state index in [9.17, 15) is 0 Å². The third-order valence-electron chi connectivity index (χ3n) is 2.72. The molecule has 0 N–H and O–H groups in total. The van der Waals surface area contributed by atoms with Crippen molar-refractivity contribution in [1.29, 1.82) is 0 Å². The summed E-state index contributed by atoms with van der Waals surface area (Å²) in [6.45, 7) is 3.86. The number of benzene rings is 1. The van der Waals surface area contributed by atoms with Crippen LogP contribution in [0.1, 0.15) is 16.8 Å². The maximum Gasteiger partial charge on any atom is 0.322 e. The molecule has 4 nitrogen and oxygen atoms in total. The van der Waals surface area contributed by atoms with Gasteiger partial charge in [-0.15, -0.1) is 11.6 Å². The predicted molar refractivity (Wildman–Crippen MR) is 74.1 cm³/mol. The predicted octanol–water partition coefficient (Wildman–Crippen LogP) is 3.63. The molecule has 1 aromatic heterocycles. The largest absolute Gasteiger partial charge is 0.493 e. The molecule has 5 heteroatoms. The van der Waals surface area contributed by atoms with Gasteiger partial charge in [-0.1, -0.05) is 6.07 Å². The van der Waals surface area contributed by atoms with Crippen molar-refractivity contribution in [1.82, 2.24) is 9.97 Å². The van der Waals surface area contributed by atoms with Crippen LogP contribution < -0.4 is 9.47 Å². The van der Waals surface area contributed by atoms with Crippen LogP contribution in [0.3, 0.4) is 0 Å². The van der Waals surface area contributed by atoms with Crippen molar-refractivity contribution in [2.75, 3.05) is 7.11 Å². The molecule has 0 amide bonds. The van der Waals surface area contributed by atoms with E-state index in [2.05, 4.69) is 9.97 Å². The fourth-order valence-electron chi connectivity index (χ4n) is 1.61. The van der Waals surface area contributed by atoms with E-state index in [1.54, 1.807) is 13.3 Å². The van der Waals surface area contributed by atoms with Crippen LogP contribution in [-0.2, 0) is 5.88 Å². The summed E-state index contributed by atoms with van der Waals surface area (Å²) in [5.41, 5.74) is 2.80. The third kappa shape index (κ3) is 3.15. The lowest BCUT2D eigenvalue weighted by atomic mass is 10.2. The van der Waals surface area contributed by atoms with Crippen molar-refractivity contribution >= 4 is 11.6 Å². The fourth-order valence-corrected chi connectivity index (χ4v) is 1.87. The first-order valence-corrected chi connectivity index (χ1v) is 6.38. The fraction of sp³-hybridized carbons (Fsp3) is 0.286. The van der Waals surface area contributed by atoms with E-state index in [-0.39, 0.29) is 6.01 Å². The lowest BCUT2D eigenvalue weighted by Gasteiger charge is -2.10. The summed E-state index contributed by atoms with van der Waals surface area (Å²) in [5.74, 6) is 1.63. The normalized spacial score (nSPS) is 10.3. The van der Waals surface area contributed by atoms with Gasteiger partial charge in [0, 0.05) is 17.5 Å². The number of ether oxygens (including phenoxy) is 2. The minimum absolute atomic E-state index is 0.286. The van der Waals surface area contributed by atoms with E-state index in [0.29, 0.717) is 17.4 Å². The lowest BCUT2D eigenvalue weighted by molar-refractivity contribution is 0.367. The molecule has 1 heterocycles.